The van der Waals surface area contributed by atoms with Crippen LogP contribution in [0.1, 0.15) is 11.1 Å². The van der Waals surface area contributed by atoms with E-state index < -0.39 is 0 Å². The lowest BCUT2D eigenvalue weighted by atomic mass is 10.0. The van der Waals surface area contributed by atoms with Crippen molar-refractivity contribution in [2.75, 3.05) is 0 Å². The smallest absolute Gasteiger partial charge is 0.178 e. The van der Waals surface area contributed by atoms with Gasteiger partial charge in [0, 0.05) is 6.54 Å². The Morgan fingerprint density at radius 2 is 1.82 bits per heavy atom. The third-order valence-electron chi connectivity index (χ3n) is 2.71. The van der Waals surface area contributed by atoms with Gasteiger partial charge in [-0.15, -0.1) is 0 Å². The largest absolute Gasteiger partial charge is 0.363 e. The van der Waals surface area contributed by atoms with E-state index in [0.29, 0.717) is 6.54 Å². The van der Waals surface area contributed by atoms with Gasteiger partial charge in [0.15, 0.2) is 7.98 Å². The van der Waals surface area contributed by atoms with Crippen molar-refractivity contribution in [3.8, 4) is 11.1 Å². The highest BCUT2D eigenvalue weighted by molar-refractivity contribution is 6.04. The predicted octanol–water partition coefficient (Wildman–Crippen LogP) is 3.17. The lowest BCUT2D eigenvalue weighted by molar-refractivity contribution is 0.963. The molecule has 2 heteroatoms. The van der Waals surface area contributed by atoms with Gasteiger partial charge in [0.2, 0.25) is 0 Å². The fourth-order valence-electron chi connectivity index (χ4n) is 1.79. The minimum absolute atomic E-state index is 0.679. The average Bonchev–Trinajstić information content (AvgIpc) is 2.40. The molecule has 0 amide bonds. The van der Waals surface area contributed by atoms with E-state index >= 15 is 0 Å². The molecular weight excluding hydrogens is 205 g/mol. The molecule has 0 saturated carbocycles. The molecular formula is C15H14BN. The van der Waals surface area contributed by atoms with E-state index in [2.05, 4.69) is 54.3 Å². The van der Waals surface area contributed by atoms with Gasteiger partial charge in [-0.05, 0) is 28.3 Å². The molecule has 0 aliphatic carbocycles. The summed E-state index contributed by atoms with van der Waals surface area (Å²) in [7, 11) is 5.33. The number of nitrogens with one attached hydrogen (secondary N) is 1. The van der Waals surface area contributed by atoms with E-state index in [4.69, 9.17) is 7.98 Å². The first-order chi connectivity index (χ1) is 8.33. The zero-order valence-electron chi connectivity index (χ0n) is 9.69. The van der Waals surface area contributed by atoms with Crippen LogP contribution < -0.4 is 5.23 Å². The highest BCUT2D eigenvalue weighted by atomic mass is 14.7. The predicted molar refractivity (Wildman–Crippen MR) is 74.6 cm³/mol. The van der Waals surface area contributed by atoms with Crippen LogP contribution in [0.5, 0.6) is 0 Å². The van der Waals surface area contributed by atoms with Crippen molar-refractivity contribution in [2.45, 2.75) is 6.54 Å². The van der Waals surface area contributed by atoms with Gasteiger partial charge in [0.25, 0.3) is 0 Å². The molecule has 2 aromatic rings. The first-order valence-corrected chi connectivity index (χ1v) is 5.59. The zero-order valence-corrected chi connectivity index (χ0v) is 9.69. The van der Waals surface area contributed by atoms with Crippen molar-refractivity contribution >= 4 is 14.1 Å². The molecule has 1 nitrogen and oxygen atoms in total. The summed E-state index contributed by atoms with van der Waals surface area (Å²) >= 11 is 0. The minimum atomic E-state index is 0.679. The summed E-state index contributed by atoms with van der Waals surface area (Å²) < 4.78 is 0. The summed E-state index contributed by atoms with van der Waals surface area (Å²) in [5.74, 6) is 0. The van der Waals surface area contributed by atoms with Gasteiger partial charge in [-0.2, -0.15) is 0 Å². The van der Waals surface area contributed by atoms with Crippen molar-refractivity contribution < 1.29 is 0 Å². The zero-order chi connectivity index (χ0) is 12.1. The molecule has 0 saturated heterocycles. The van der Waals surface area contributed by atoms with E-state index in [1.54, 1.807) is 0 Å². The lowest BCUT2D eigenvalue weighted by Crippen LogP contribution is -2.06. The molecule has 0 fully saturated rings. The normalized spacial score (nSPS) is 10.1. The number of hydrogen-bond donors (Lipinski definition) is 1. The molecule has 0 aliphatic heterocycles. The summed E-state index contributed by atoms with van der Waals surface area (Å²) in [4.78, 5) is 0. The molecule has 0 heterocycles. The summed E-state index contributed by atoms with van der Waals surface area (Å²) in [5, 5.41) is 2.67. The Kier molecular flexibility index (Phi) is 3.79. The Labute approximate surface area is 104 Å². The van der Waals surface area contributed by atoms with E-state index in [0.717, 1.165) is 5.56 Å². The molecule has 2 aromatic carbocycles. The van der Waals surface area contributed by atoms with Crippen molar-refractivity contribution in [1.29, 1.82) is 0 Å². The molecule has 0 atom stereocenters. The van der Waals surface area contributed by atoms with Crippen LogP contribution in [0.3, 0.4) is 0 Å². The summed E-state index contributed by atoms with van der Waals surface area (Å²) in [6.45, 7) is 4.43. The van der Waals surface area contributed by atoms with E-state index in [-0.39, 0.29) is 0 Å². The maximum absolute atomic E-state index is 5.33. The van der Waals surface area contributed by atoms with E-state index in [9.17, 15) is 0 Å². The van der Waals surface area contributed by atoms with Gasteiger partial charge in [0.1, 0.15) is 0 Å². The standard InChI is InChI=1S/C15H14BN/c1-2-12-6-8-14(9-7-12)15-5-3-4-13(10-15)11-17-16/h2-10,17H,1,11H2. The molecule has 82 valence electrons. The van der Waals surface area contributed by atoms with E-state index in [1.807, 2.05) is 12.1 Å². The van der Waals surface area contributed by atoms with Crippen molar-refractivity contribution in [3.63, 3.8) is 0 Å². The molecule has 0 unspecified atom stereocenters. The molecule has 0 aromatic heterocycles. The fourth-order valence-corrected chi connectivity index (χ4v) is 1.79. The Bertz CT molecular complexity index is 503. The van der Waals surface area contributed by atoms with Gasteiger partial charge in [-0.1, -0.05) is 55.1 Å². The second kappa shape index (κ2) is 5.51. The number of rotatable bonds is 4. The number of hydrogen-bond acceptors (Lipinski definition) is 1. The molecule has 0 bridgehead atoms. The highest BCUT2D eigenvalue weighted by Crippen LogP contribution is 2.21. The maximum atomic E-state index is 5.33. The monoisotopic (exact) mass is 219 g/mol. The van der Waals surface area contributed by atoms with Gasteiger partial charge in [-0.3, -0.25) is 0 Å². The first-order valence-electron chi connectivity index (χ1n) is 5.59. The van der Waals surface area contributed by atoms with E-state index in [1.165, 1.54) is 16.7 Å². The molecule has 2 radical (unpaired) electrons. The third-order valence-corrected chi connectivity index (χ3v) is 2.71. The summed E-state index contributed by atoms with van der Waals surface area (Å²) in [6.07, 6.45) is 1.85. The third kappa shape index (κ3) is 2.86. The maximum Gasteiger partial charge on any atom is 0.178 e. The van der Waals surface area contributed by atoms with Gasteiger partial charge in [0.05, 0.1) is 0 Å². The van der Waals surface area contributed by atoms with Crippen LogP contribution in [0.25, 0.3) is 17.2 Å². The Morgan fingerprint density at radius 3 is 2.47 bits per heavy atom. The van der Waals surface area contributed by atoms with Crippen LogP contribution in [0.2, 0.25) is 0 Å². The van der Waals surface area contributed by atoms with Gasteiger partial charge >= 0.3 is 0 Å². The highest BCUT2D eigenvalue weighted by Gasteiger charge is 1.98. The SMILES string of the molecule is [B]NCc1cccc(-c2ccc(C=C)cc2)c1. The van der Waals surface area contributed by atoms with Crippen LogP contribution in [0.4, 0.5) is 0 Å². The van der Waals surface area contributed by atoms with Crippen LogP contribution in [0.15, 0.2) is 55.1 Å². The van der Waals surface area contributed by atoms with Gasteiger partial charge in [-0.25, -0.2) is 0 Å². The minimum Gasteiger partial charge on any atom is -0.363 e. The van der Waals surface area contributed by atoms with Crippen LogP contribution in [-0.2, 0) is 6.54 Å². The molecule has 0 spiro atoms. The molecule has 1 N–H and O–H groups in total. The Hall–Kier alpha value is -1.80. The molecule has 0 aliphatic rings. The summed E-state index contributed by atoms with van der Waals surface area (Å²) in [6, 6.07) is 16.7. The molecule has 2 rings (SSSR count). The Morgan fingerprint density at radius 1 is 1.06 bits per heavy atom. The van der Waals surface area contributed by atoms with Crippen molar-refractivity contribution in [3.05, 3.63) is 66.2 Å². The second-order valence-corrected chi connectivity index (χ2v) is 3.91. The van der Waals surface area contributed by atoms with Crippen LogP contribution in [-0.4, -0.2) is 7.98 Å². The van der Waals surface area contributed by atoms with Crippen LogP contribution >= 0.6 is 0 Å². The van der Waals surface area contributed by atoms with Gasteiger partial charge < -0.3 is 5.23 Å². The Balaban J connectivity index is 2.31. The number of benzene rings is 2. The summed E-state index contributed by atoms with van der Waals surface area (Å²) in [5.41, 5.74) is 4.72. The first kappa shape index (κ1) is 11.7. The quantitative estimate of drug-likeness (QED) is 0.778. The average molecular weight is 219 g/mol. The van der Waals surface area contributed by atoms with Crippen molar-refractivity contribution in [1.82, 2.24) is 5.23 Å². The molecule has 17 heavy (non-hydrogen) atoms. The topological polar surface area (TPSA) is 12.0 Å². The second-order valence-electron chi connectivity index (χ2n) is 3.91. The lowest BCUT2D eigenvalue weighted by Gasteiger charge is -2.05. The van der Waals surface area contributed by atoms with Crippen LogP contribution in [0, 0.1) is 0 Å². The van der Waals surface area contributed by atoms with Crippen molar-refractivity contribution in [2.24, 2.45) is 0 Å². The fraction of sp³-hybridized carbons (Fsp3) is 0.0667.